The Hall–Kier alpha value is -3.23. The normalized spacial score (nSPS) is 18.7. The molecular formula is C36H46N2O5. The lowest BCUT2D eigenvalue weighted by molar-refractivity contribution is -0.0267. The first-order chi connectivity index (χ1) is 20.9. The average Bonchev–Trinajstić information content (AvgIpc) is 3.04. The van der Waals surface area contributed by atoms with Crippen molar-refractivity contribution in [3.8, 4) is 11.5 Å². The fraction of sp³-hybridized carbons (Fsp3) is 0.472. The van der Waals surface area contributed by atoms with E-state index >= 15 is 0 Å². The smallest absolute Gasteiger partial charge is 0.167 e. The number of rotatable bonds is 13. The summed E-state index contributed by atoms with van der Waals surface area (Å²) >= 11 is 0. The van der Waals surface area contributed by atoms with Gasteiger partial charge in [-0.05, 0) is 68.7 Å². The van der Waals surface area contributed by atoms with Crippen molar-refractivity contribution in [1.29, 1.82) is 0 Å². The number of likely N-dealkylation sites (tertiary alicyclic amines) is 2. The van der Waals surface area contributed by atoms with Gasteiger partial charge in [0.1, 0.15) is 17.1 Å². The lowest BCUT2D eigenvalue weighted by Gasteiger charge is -2.38. The molecule has 43 heavy (non-hydrogen) atoms. The van der Waals surface area contributed by atoms with Gasteiger partial charge in [0, 0.05) is 39.3 Å². The van der Waals surface area contributed by atoms with Crippen molar-refractivity contribution in [1.82, 2.24) is 9.80 Å². The summed E-state index contributed by atoms with van der Waals surface area (Å²) in [5.41, 5.74) is 1.01. The third-order valence-corrected chi connectivity index (χ3v) is 9.08. The van der Waals surface area contributed by atoms with Crippen LogP contribution in [0, 0.1) is 0 Å². The molecule has 7 nitrogen and oxygen atoms in total. The zero-order chi connectivity index (χ0) is 30.1. The Morgan fingerprint density at radius 2 is 1.05 bits per heavy atom. The second-order valence-corrected chi connectivity index (χ2v) is 12.1. The molecule has 0 aliphatic carbocycles. The number of carbonyl (C=O) groups excluding carboxylic acids is 1. The summed E-state index contributed by atoms with van der Waals surface area (Å²) in [6.07, 6.45) is 4.56. The fourth-order valence-electron chi connectivity index (χ4n) is 6.41. The van der Waals surface area contributed by atoms with Crippen molar-refractivity contribution >= 4 is 5.78 Å². The minimum Gasteiger partial charge on any atom is -0.493 e. The zero-order valence-corrected chi connectivity index (χ0v) is 25.4. The molecular weight excluding hydrogens is 540 g/mol. The highest BCUT2D eigenvalue weighted by molar-refractivity contribution is 5.99. The molecule has 3 aromatic carbocycles. The number of benzene rings is 3. The largest absolute Gasteiger partial charge is 0.493 e. The van der Waals surface area contributed by atoms with Gasteiger partial charge in [0.25, 0.3) is 0 Å². The molecule has 5 rings (SSSR count). The highest BCUT2D eigenvalue weighted by Gasteiger charge is 2.34. The van der Waals surface area contributed by atoms with Crippen molar-refractivity contribution in [3.63, 3.8) is 0 Å². The maximum Gasteiger partial charge on any atom is 0.167 e. The number of carbonyl (C=O) groups is 1. The number of ketones is 1. The Kier molecular flexibility index (Phi) is 10.5. The second-order valence-electron chi connectivity index (χ2n) is 12.1. The minimum absolute atomic E-state index is 0.0712. The van der Waals surface area contributed by atoms with E-state index in [4.69, 9.17) is 9.47 Å². The minimum atomic E-state index is -0.743. The molecule has 2 saturated heterocycles. The van der Waals surface area contributed by atoms with Gasteiger partial charge in [0.15, 0.2) is 5.78 Å². The van der Waals surface area contributed by atoms with Crippen LogP contribution in [0.2, 0.25) is 0 Å². The van der Waals surface area contributed by atoms with Gasteiger partial charge in [-0.3, -0.25) is 4.79 Å². The Morgan fingerprint density at radius 3 is 1.42 bits per heavy atom. The molecule has 0 spiro atoms. The molecule has 3 aromatic rings. The van der Waals surface area contributed by atoms with Crippen LogP contribution in [0.15, 0.2) is 78.9 Å². The van der Waals surface area contributed by atoms with Gasteiger partial charge in [0.05, 0.1) is 24.4 Å². The van der Waals surface area contributed by atoms with E-state index in [0.29, 0.717) is 30.3 Å². The van der Waals surface area contributed by atoms with E-state index in [2.05, 4.69) is 9.80 Å². The van der Waals surface area contributed by atoms with E-state index in [1.807, 2.05) is 78.9 Å². The van der Waals surface area contributed by atoms with Crippen LogP contribution in [-0.2, 0) is 11.2 Å². The van der Waals surface area contributed by atoms with Gasteiger partial charge < -0.3 is 29.5 Å². The molecule has 0 aromatic heterocycles. The van der Waals surface area contributed by atoms with Crippen molar-refractivity contribution < 1.29 is 24.5 Å². The SMILES string of the molecule is CC(=O)c1c(OCCCN2CCC(O)(c3ccccc3)CC2)cccc1OCCCN1CCC(O)(c2ccccc2)CC1. The van der Waals surface area contributed by atoms with E-state index in [1.54, 1.807) is 6.92 Å². The van der Waals surface area contributed by atoms with Crippen molar-refractivity contribution in [2.24, 2.45) is 0 Å². The summed E-state index contributed by atoms with van der Waals surface area (Å²) in [5, 5.41) is 22.2. The van der Waals surface area contributed by atoms with Crippen LogP contribution in [0.5, 0.6) is 11.5 Å². The maximum absolute atomic E-state index is 12.6. The lowest BCUT2D eigenvalue weighted by Crippen LogP contribution is -2.43. The molecule has 230 valence electrons. The predicted molar refractivity (Wildman–Crippen MR) is 169 cm³/mol. The molecule has 2 heterocycles. The molecule has 0 unspecified atom stereocenters. The van der Waals surface area contributed by atoms with Crippen LogP contribution >= 0.6 is 0 Å². The van der Waals surface area contributed by atoms with Crippen LogP contribution in [0.1, 0.15) is 66.9 Å². The second kappa shape index (κ2) is 14.5. The quantitative estimate of drug-likeness (QED) is 0.205. The van der Waals surface area contributed by atoms with Crippen molar-refractivity contribution in [3.05, 3.63) is 95.6 Å². The monoisotopic (exact) mass is 586 g/mol. The molecule has 7 heteroatoms. The highest BCUT2D eigenvalue weighted by Crippen LogP contribution is 2.34. The van der Waals surface area contributed by atoms with Gasteiger partial charge in [0.2, 0.25) is 0 Å². The number of hydrogen-bond donors (Lipinski definition) is 2. The Labute approximate surface area is 256 Å². The van der Waals surface area contributed by atoms with Crippen LogP contribution in [0.25, 0.3) is 0 Å². The fourth-order valence-corrected chi connectivity index (χ4v) is 6.41. The summed E-state index contributed by atoms with van der Waals surface area (Å²) in [6, 6.07) is 25.5. The summed E-state index contributed by atoms with van der Waals surface area (Å²) in [6.45, 7) is 7.72. The molecule has 2 aliphatic rings. The van der Waals surface area contributed by atoms with Crippen LogP contribution in [0.3, 0.4) is 0 Å². The van der Waals surface area contributed by atoms with Crippen LogP contribution in [-0.4, -0.2) is 78.3 Å². The molecule has 2 aliphatic heterocycles. The van der Waals surface area contributed by atoms with Crippen LogP contribution < -0.4 is 9.47 Å². The molecule has 2 fully saturated rings. The summed E-state index contributed by atoms with van der Waals surface area (Å²) in [5.74, 6) is 1.06. The third-order valence-electron chi connectivity index (χ3n) is 9.08. The van der Waals surface area contributed by atoms with Crippen LogP contribution in [0.4, 0.5) is 0 Å². The predicted octanol–water partition coefficient (Wildman–Crippen LogP) is 5.39. The first-order valence-corrected chi connectivity index (χ1v) is 15.8. The van der Waals surface area contributed by atoms with E-state index in [-0.39, 0.29) is 5.78 Å². The lowest BCUT2D eigenvalue weighted by atomic mass is 9.84. The molecule has 0 saturated carbocycles. The summed E-state index contributed by atoms with van der Waals surface area (Å²) in [4.78, 5) is 17.3. The topological polar surface area (TPSA) is 82.5 Å². The first kappa shape index (κ1) is 31.2. The maximum atomic E-state index is 12.6. The highest BCUT2D eigenvalue weighted by atomic mass is 16.5. The Balaban J connectivity index is 1.03. The van der Waals surface area contributed by atoms with Gasteiger partial charge in [-0.15, -0.1) is 0 Å². The van der Waals surface area contributed by atoms with Crippen molar-refractivity contribution in [2.75, 3.05) is 52.5 Å². The Bertz CT molecular complexity index is 1210. The molecule has 0 amide bonds. The van der Waals surface area contributed by atoms with E-state index < -0.39 is 11.2 Å². The number of ether oxygens (including phenoxy) is 2. The van der Waals surface area contributed by atoms with Gasteiger partial charge in [-0.2, -0.15) is 0 Å². The van der Waals surface area contributed by atoms with Gasteiger partial charge >= 0.3 is 0 Å². The van der Waals surface area contributed by atoms with Crippen molar-refractivity contribution in [2.45, 2.75) is 56.7 Å². The van der Waals surface area contributed by atoms with E-state index in [0.717, 1.165) is 88.9 Å². The molecule has 2 N–H and O–H groups in total. The van der Waals surface area contributed by atoms with E-state index in [1.165, 1.54) is 0 Å². The van der Waals surface area contributed by atoms with Gasteiger partial charge in [-0.25, -0.2) is 0 Å². The summed E-state index contributed by atoms with van der Waals surface area (Å²) in [7, 11) is 0. The average molecular weight is 587 g/mol. The first-order valence-electron chi connectivity index (χ1n) is 15.8. The summed E-state index contributed by atoms with van der Waals surface area (Å²) < 4.78 is 12.2. The Morgan fingerprint density at radius 1 is 0.651 bits per heavy atom. The number of piperidine rings is 2. The third kappa shape index (κ3) is 8.03. The van der Waals surface area contributed by atoms with E-state index in [9.17, 15) is 15.0 Å². The number of Topliss-reactive ketones (excluding diaryl/α,β-unsaturated/α-hetero) is 1. The standard InChI is InChI=1S/C36H46N2O5/c1-29(39)34-32(42-27-9-21-37-23-17-35(40,18-24-37)30-11-4-2-5-12-30)15-8-16-33(34)43-28-10-22-38-25-19-36(41,20-26-38)31-13-6-3-7-14-31/h2-8,11-16,40-41H,9-10,17-28H2,1H3. The molecule has 0 radical (unpaired) electrons. The number of aliphatic hydroxyl groups is 2. The van der Waals surface area contributed by atoms with Gasteiger partial charge in [-0.1, -0.05) is 66.7 Å². The molecule has 0 bridgehead atoms. The zero-order valence-electron chi connectivity index (χ0n) is 25.4. The molecule has 0 atom stereocenters. The number of hydrogen-bond acceptors (Lipinski definition) is 7. The number of nitrogens with zero attached hydrogens (tertiary/aromatic N) is 2.